The van der Waals surface area contributed by atoms with Crippen LogP contribution in [0.25, 0.3) is 33.1 Å². The first-order valence-electron chi connectivity index (χ1n) is 11.5. The highest BCUT2D eigenvalue weighted by atomic mass is 19.1. The maximum atomic E-state index is 15.0. The Kier molecular flexibility index (Phi) is 5.58. The molecule has 2 heterocycles. The molecule has 1 aliphatic rings. The van der Waals surface area contributed by atoms with Gasteiger partial charge in [0.1, 0.15) is 5.82 Å². The van der Waals surface area contributed by atoms with E-state index in [0.29, 0.717) is 18.7 Å². The average Bonchev–Trinajstić information content (AvgIpc) is 3.18. The third-order valence-corrected chi connectivity index (χ3v) is 6.50. The van der Waals surface area contributed by atoms with Crippen LogP contribution in [-0.2, 0) is 12.8 Å². The fraction of sp³-hybridized carbons (Fsp3) is 0.346. The van der Waals surface area contributed by atoms with Crippen LogP contribution in [0.2, 0.25) is 0 Å². The van der Waals surface area contributed by atoms with E-state index < -0.39 is 11.7 Å². The molecule has 2 aromatic heterocycles. The summed E-state index contributed by atoms with van der Waals surface area (Å²) in [5, 5.41) is 12.6. The molecule has 0 atom stereocenters. The van der Waals surface area contributed by atoms with Crippen molar-refractivity contribution in [1.29, 1.82) is 0 Å². The van der Waals surface area contributed by atoms with Crippen molar-refractivity contribution in [2.45, 2.75) is 32.6 Å². The monoisotopic (exact) mass is 445 g/mol. The first kappa shape index (κ1) is 21.5. The molecule has 1 amide bonds. The van der Waals surface area contributed by atoms with Gasteiger partial charge in [0.25, 0.3) is 5.91 Å². The minimum Gasteiger partial charge on any atom is -0.351 e. The molecular weight excluding hydrogens is 417 g/mol. The molecule has 170 valence electrons. The van der Waals surface area contributed by atoms with Gasteiger partial charge in [-0.05, 0) is 82.1 Å². The predicted molar refractivity (Wildman–Crippen MR) is 129 cm³/mol. The summed E-state index contributed by atoms with van der Waals surface area (Å²) in [6.07, 6.45) is 4.09. The van der Waals surface area contributed by atoms with E-state index in [1.165, 1.54) is 17.2 Å². The summed E-state index contributed by atoms with van der Waals surface area (Å²) < 4.78 is 15.0. The molecule has 0 saturated heterocycles. The summed E-state index contributed by atoms with van der Waals surface area (Å²) in [6, 6.07) is 8.81. The van der Waals surface area contributed by atoms with Gasteiger partial charge in [0, 0.05) is 35.1 Å². The molecule has 2 N–H and O–H groups in total. The van der Waals surface area contributed by atoms with Crippen LogP contribution in [0.3, 0.4) is 0 Å². The quantitative estimate of drug-likeness (QED) is 0.478. The van der Waals surface area contributed by atoms with E-state index in [0.717, 1.165) is 58.9 Å². The molecular formula is C26H28FN5O. The number of aryl methyl sites for hydroxylation is 2. The molecule has 0 unspecified atom stereocenters. The molecule has 0 fully saturated rings. The summed E-state index contributed by atoms with van der Waals surface area (Å²) in [4.78, 5) is 19.4. The summed E-state index contributed by atoms with van der Waals surface area (Å²) in [5.41, 5.74) is 6.94. The molecule has 7 heteroatoms. The summed E-state index contributed by atoms with van der Waals surface area (Å²) >= 11 is 0. The predicted octanol–water partition coefficient (Wildman–Crippen LogP) is 4.40. The van der Waals surface area contributed by atoms with Crippen LogP contribution in [0.15, 0.2) is 30.3 Å². The van der Waals surface area contributed by atoms with E-state index >= 15 is 4.39 Å². The van der Waals surface area contributed by atoms with Crippen molar-refractivity contribution in [3.63, 3.8) is 0 Å². The second kappa shape index (κ2) is 8.56. The van der Waals surface area contributed by atoms with Crippen LogP contribution in [0.1, 0.15) is 40.0 Å². The lowest BCUT2D eigenvalue weighted by molar-refractivity contribution is 0.0947. The summed E-state index contributed by atoms with van der Waals surface area (Å²) in [5.74, 6) is -0.922. The van der Waals surface area contributed by atoms with Gasteiger partial charge >= 0.3 is 0 Å². The van der Waals surface area contributed by atoms with Crippen LogP contribution in [0, 0.1) is 12.7 Å². The van der Waals surface area contributed by atoms with Crippen LogP contribution in [0.4, 0.5) is 4.39 Å². The van der Waals surface area contributed by atoms with Crippen molar-refractivity contribution in [2.24, 2.45) is 0 Å². The Labute approximate surface area is 192 Å². The van der Waals surface area contributed by atoms with Crippen molar-refractivity contribution < 1.29 is 9.18 Å². The number of aromatic nitrogens is 3. The van der Waals surface area contributed by atoms with Gasteiger partial charge in [0.2, 0.25) is 0 Å². The van der Waals surface area contributed by atoms with E-state index in [2.05, 4.69) is 15.5 Å². The Hall–Kier alpha value is -3.32. The third kappa shape index (κ3) is 3.86. The highest BCUT2D eigenvalue weighted by Crippen LogP contribution is 2.38. The molecule has 0 radical (unpaired) electrons. The zero-order valence-electron chi connectivity index (χ0n) is 19.3. The third-order valence-electron chi connectivity index (χ3n) is 6.50. The zero-order valence-corrected chi connectivity index (χ0v) is 19.3. The second-order valence-corrected chi connectivity index (χ2v) is 9.08. The highest BCUT2D eigenvalue weighted by Gasteiger charge is 2.23. The Morgan fingerprint density at radius 3 is 2.61 bits per heavy atom. The number of nitrogens with one attached hydrogen (secondary N) is 2. The second-order valence-electron chi connectivity index (χ2n) is 9.08. The summed E-state index contributed by atoms with van der Waals surface area (Å²) in [7, 11) is 3.86. The maximum Gasteiger partial charge on any atom is 0.254 e. The number of aromatic amines is 1. The van der Waals surface area contributed by atoms with Crippen molar-refractivity contribution >= 4 is 27.7 Å². The number of halogens is 1. The maximum absolute atomic E-state index is 15.0. The molecule has 0 aliphatic heterocycles. The van der Waals surface area contributed by atoms with Crippen LogP contribution >= 0.6 is 0 Å². The molecule has 33 heavy (non-hydrogen) atoms. The fourth-order valence-corrected chi connectivity index (χ4v) is 4.86. The number of H-pyrrole nitrogens is 1. The topological polar surface area (TPSA) is 73.9 Å². The average molecular weight is 446 g/mol. The largest absolute Gasteiger partial charge is 0.351 e. The number of carbonyl (C=O) groups excluding carboxylic acids is 1. The van der Waals surface area contributed by atoms with E-state index in [4.69, 9.17) is 4.98 Å². The van der Waals surface area contributed by atoms with Crippen molar-refractivity contribution in [2.75, 3.05) is 27.2 Å². The first-order valence-corrected chi connectivity index (χ1v) is 11.5. The molecule has 2 aromatic carbocycles. The van der Waals surface area contributed by atoms with Gasteiger partial charge in [-0.1, -0.05) is 6.07 Å². The Bertz CT molecular complexity index is 1370. The number of benzene rings is 2. The van der Waals surface area contributed by atoms with Gasteiger partial charge in [0.15, 0.2) is 0 Å². The number of likely N-dealkylation sites (N-methyl/N-ethyl adjacent to an activating group) is 1. The Balaban J connectivity index is 1.59. The van der Waals surface area contributed by atoms with E-state index in [1.807, 2.05) is 44.1 Å². The number of amides is 1. The molecule has 4 aromatic rings. The first-order chi connectivity index (χ1) is 15.9. The van der Waals surface area contributed by atoms with Gasteiger partial charge in [-0.25, -0.2) is 9.37 Å². The van der Waals surface area contributed by atoms with Gasteiger partial charge in [-0.15, -0.1) is 0 Å². The van der Waals surface area contributed by atoms with Crippen LogP contribution < -0.4 is 5.32 Å². The number of nitrogens with zero attached hydrogens (tertiary/aromatic N) is 3. The number of hydrogen-bond acceptors (Lipinski definition) is 4. The standard InChI is InChI=1S/C26H28FN5O/c1-15-23-22(31-30-15)11-10-21-24(23)17-6-4-5-7-18(17)25(29-21)16-8-9-19(20(27)14-16)26(33)28-12-13-32(2)3/h8-11,14H,4-7,12-13H2,1-3H3,(H,28,33)(H,30,31). The number of rotatable bonds is 5. The van der Waals surface area contributed by atoms with E-state index in [-0.39, 0.29) is 5.56 Å². The smallest absolute Gasteiger partial charge is 0.254 e. The zero-order chi connectivity index (χ0) is 23.1. The number of carbonyl (C=O) groups is 1. The Morgan fingerprint density at radius 2 is 1.85 bits per heavy atom. The number of fused-ring (bicyclic) bond motifs is 5. The van der Waals surface area contributed by atoms with Crippen molar-refractivity contribution in [3.8, 4) is 11.3 Å². The molecule has 1 aliphatic carbocycles. The molecule has 6 nitrogen and oxygen atoms in total. The lowest BCUT2D eigenvalue weighted by atomic mass is 9.85. The molecule has 0 bridgehead atoms. The van der Waals surface area contributed by atoms with Crippen LogP contribution in [-0.4, -0.2) is 53.2 Å². The lowest BCUT2D eigenvalue weighted by Crippen LogP contribution is -2.31. The van der Waals surface area contributed by atoms with Gasteiger partial charge in [-0.2, -0.15) is 5.10 Å². The minimum absolute atomic E-state index is 0.0582. The van der Waals surface area contributed by atoms with E-state index in [1.54, 1.807) is 6.07 Å². The van der Waals surface area contributed by atoms with E-state index in [9.17, 15) is 4.79 Å². The minimum atomic E-state index is -0.526. The van der Waals surface area contributed by atoms with Crippen molar-refractivity contribution in [1.82, 2.24) is 25.4 Å². The molecule has 0 saturated carbocycles. The normalized spacial score (nSPS) is 13.6. The van der Waals surface area contributed by atoms with Gasteiger partial charge in [0.05, 0.1) is 22.3 Å². The SMILES string of the molecule is Cc1[nH]nc2ccc3nc(-c4ccc(C(=O)NCCN(C)C)c(F)c4)c4c(c3c12)CCCC4. The van der Waals surface area contributed by atoms with Crippen molar-refractivity contribution in [3.05, 3.63) is 58.5 Å². The number of hydrogen-bond donors (Lipinski definition) is 2. The van der Waals surface area contributed by atoms with Crippen LogP contribution in [0.5, 0.6) is 0 Å². The molecule has 0 spiro atoms. The van der Waals surface area contributed by atoms with Gasteiger partial charge < -0.3 is 10.2 Å². The summed E-state index contributed by atoms with van der Waals surface area (Å²) in [6.45, 7) is 3.20. The fourth-order valence-electron chi connectivity index (χ4n) is 4.86. The number of pyridine rings is 1. The highest BCUT2D eigenvalue weighted by molar-refractivity contribution is 6.09. The lowest BCUT2D eigenvalue weighted by Gasteiger charge is -2.22. The van der Waals surface area contributed by atoms with Gasteiger partial charge in [-0.3, -0.25) is 9.89 Å². The molecule has 5 rings (SSSR count). The Morgan fingerprint density at radius 1 is 1.09 bits per heavy atom.